The Morgan fingerprint density at radius 2 is 1.10 bits per heavy atom. The molecule has 2 N–H and O–H groups in total. The number of aliphatic carboxylic acids is 2. The molecule has 4 rings (SSSR count). The van der Waals surface area contributed by atoms with Crippen LogP contribution in [0, 0.1) is 46.3 Å². The minimum atomic E-state index is -1.08. The van der Waals surface area contributed by atoms with Crippen LogP contribution in [0.2, 0.25) is 0 Å². The van der Waals surface area contributed by atoms with Gasteiger partial charge >= 0.3 is 11.9 Å². The van der Waals surface area contributed by atoms with Crippen LogP contribution in [-0.2, 0) is 9.59 Å². The summed E-state index contributed by atoms with van der Waals surface area (Å²) in [7, 11) is 0. The molecule has 0 heterocycles. The molecule has 0 aromatic carbocycles. The highest BCUT2D eigenvalue weighted by Gasteiger charge is 2.72. The van der Waals surface area contributed by atoms with Gasteiger partial charge in [-0.05, 0) is 38.5 Å². The fourth-order valence-corrected chi connectivity index (χ4v) is 5.40. The van der Waals surface area contributed by atoms with Crippen molar-refractivity contribution in [2.75, 3.05) is 0 Å². The number of hydrogen-bond acceptors (Lipinski definition) is 2. The van der Waals surface area contributed by atoms with E-state index < -0.39 is 33.6 Å². The molecular formula is C16H16O4. The lowest BCUT2D eigenvalue weighted by Gasteiger charge is -2.65. The zero-order valence-corrected chi connectivity index (χ0v) is 11.1. The van der Waals surface area contributed by atoms with Gasteiger partial charge in [0.2, 0.25) is 0 Å². The quantitative estimate of drug-likeness (QED) is 0.751. The molecule has 0 aliphatic heterocycles. The summed E-state index contributed by atoms with van der Waals surface area (Å²) in [5.41, 5.74) is -3.52. The van der Waals surface area contributed by atoms with Crippen molar-refractivity contribution in [2.24, 2.45) is 21.7 Å². The Balaban J connectivity index is 2.23. The molecule has 4 nitrogen and oxygen atoms in total. The van der Waals surface area contributed by atoms with Crippen LogP contribution in [0.1, 0.15) is 38.5 Å². The number of terminal acetylenes is 2. The lowest BCUT2D eigenvalue weighted by atomic mass is 9.35. The third-order valence-electron chi connectivity index (χ3n) is 5.58. The topological polar surface area (TPSA) is 74.6 Å². The molecule has 104 valence electrons. The summed E-state index contributed by atoms with van der Waals surface area (Å²) in [6, 6.07) is 0. The van der Waals surface area contributed by atoms with Crippen molar-refractivity contribution < 1.29 is 19.8 Å². The van der Waals surface area contributed by atoms with E-state index in [1.807, 2.05) is 0 Å². The van der Waals surface area contributed by atoms with Crippen molar-refractivity contribution in [1.29, 1.82) is 0 Å². The third-order valence-corrected chi connectivity index (χ3v) is 5.58. The molecule has 0 atom stereocenters. The monoisotopic (exact) mass is 272 g/mol. The maximum absolute atomic E-state index is 11.8. The minimum Gasteiger partial charge on any atom is -0.481 e. The van der Waals surface area contributed by atoms with Crippen molar-refractivity contribution in [3.63, 3.8) is 0 Å². The van der Waals surface area contributed by atoms with Gasteiger partial charge in [0, 0.05) is 10.8 Å². The van der Waals surface area contributed by atoms with Gasteiger partial charge in [-0.2, -0.15) is 0 Å². The molecule has 4 heteroatoms. The Morgan fingerprint density at radius 3 is 1.35 bits per heavy atom. The standard InChI is InChI=1S/C16H16O4/c1-3-13-5-14(4-2)8-15(6-13,11(17)18)10-16(7-13,9-14)12(19)20/h1-2H,5-10H2,(H,17,18)(H,19,20). The van der Waals surface area contributed by atoms with Crippen LogP contribution in [-0.4, -0.2) is 22.2 Å². The molecule has 0 unspecified atom stereocenters. The highest BCUT2D eigenvalue weighted by molar-refractivity contribution is 5.82. The molecule has 0 radical (unpaired) electrons. The first-order valence-electron chi connectivity index (χ1n) is 6.68. The van der Waals surface area contributed by atoms with Gasteiger partial charge in [0.15, 0.2) is 0 Å². The minimum absolute atomic E-state index is 0.150. The molecule has 20 heavy (non-hydrogen) atoms. The highest BCUT2D eigenvalue weighted by Crippen LogP contribution is 2.73. The van der Waals surface area contributed by atoms with Crippen molar-refractivity contribution in [2.45, 2.75) is 38.5 Å². The van der Waals surface area contributed by atoms with Crippen molar-refractivity contribution in [1.82, 2.24) is 0 Å². The van der Waals surface area contributed by atoms with E-state index in [2.05, 4.69) is 11.8 Å². The van der Waals surface area contributed by atoms with Gasteiger partial charge in [-0.15, -0.1) is 12.8 Å². The van der Waals surface area contributed by atoms with E-state index in [1.54, 1.807) is 0 Å². The maximum Gasteiger partial charge on any atom is 0.309 e. The van der Waals surface area contributed by atoms with Crippen LogP contribution in [0.4, 0.5) is 0 Å². The first kappa shape index (κ1) is 13.1. The fourth-order valence-electron chi connectivity index (χ4n) is 5.40. The summed E-state index contributed by atoms with van der Waals surface area (Å²) in [5, 5.41) is 19.3. The van der Waals surface area contributed by atoms with Crippen molar-refractivity contribution in [3.05, 3.63) is 0 Å². The second-order valence-electron chi connectivity index (χ2n) is 7.08. The summed E-state index contributed by atoms with van der Waals surface area (Å²) in [4.78, 5) is 23.6. The number of hydrogen-bond donors (Lipinski definition) is 2. The van der Waals surface area contributed by atoms with Crippen molar-refractivity contribution in [3.8, 4) is 24.7 Å². The Bertz CT molecular complexity index is 537. The lowest BCUT2D eigenvalue weighted by Crippen LogP contribution is -2.64. The summed E-state index contributed by atoms with van der Waals surface area (Å²) in [6.45, 7) is 0. The number of carboxylic acids is 2. The zero-order valence-electron chi connectivity index (χ0n) is 11.1. The molecule has 0 spiro atoms. The van der Waals surface area contributed by atoms with Crippen LogP contribution in [0.3, 0.4) is 0 Å². The highest BCUT2D eigenvalue weighted by atomic mass is 16.4. The largest absolute Gasteiger partial charge is 0.481 e. The van der Waals surface area contributed by atoms with Gasteiger partial charge in [-0.3, -0.25) is 9.59 Å². The van der Waals surface area contributed by atoms with E-state index in [0.29, 0.717) is 32.1 Å². The predicted octanol–water partition coefficient (Wildman–Crippen LogP) is 1.75. The molecular weight excluding hydrogens is 256 g/mol. The van der Waals surface area contributed by atoms with E-state index in [-0.39, 0.29) is 6.42 Å². The number of carbonyl (C=O) groups is 2. The number of rotatable bonds is 2. The van der Waals surface area contributed by atoms with E-state index >= 15 is 0 Å². The molecule has 4 saturated carbocycles. The second-order valence-corrected chi connectivity index (χ2v) is 7.08. The zero-order chi connectivity index (χ0) is 14.8. The first-order valence-corrected chi connectivity index (χ1v) is 6.68. The van der Waals surface area contributed by atoms with Crippen LogP contribution in [0.25, 0.3) is 0 Å². The molecule has 4 bridgehead atoms. The first-order chi connectivity index (χ1) is 9.25. The van der Waals surface area contributed by atoms with Gasteiger partial charge in [0.25, 0.3) is 0 Å². The summed E-state index contributed by atoms with van der Waals surface area (Å²) < 4.78 is 0. The number of carboxylic acid groups (broad SMARTS) is 2. The van der Waals surface area contributed by atoms with E-state index in [0.717, 1.165) is 0 Å². The Hall–Kier alpha value is -1.94. The van der Waals surface area contributed by atoms with Crippen LogP contribution < -0.4 is 0 Å². The fraction of sp³-hybridized carbons (Fsp3) is 0.625. The normalized spacial score (nSPS) is 48.3. The summed E-state index contributed by atoms with van der Waals surface area (Å²) in [5.74, 6) is 3.50. The van der Waals surface area contributed by atoms with Crippen molar-refractivity contribution >= 4 is 11.9 Å². The molecule has 0 saturated heterocycles. The molecule has 0 amide bonds. The van der Waals surface area contributed by atoms with Gasteiger partial charge in [-0.1, -0.05) is 11.8 Å². The van der Waals surface area contributed by atoms with Crippen LogP contribution in [0.5, 0.6) is 0 Å². The average Bonchev–Trinajstić information content (AvgIpc) is 2.37. The molecule has 0 aromatic heterocycles. The Kier molecular flexibility index (Phi) is 2.21. The van der Waals surface area contributed by atoms with Gasteiger partial charge in [-0.25, -0.2) is 0 Å². The van der Waals surface area contributed by atoms with E-state index in [9.17, 15) is 19.8 Å². The Labute approximate surface area is 117 Å². The average molecular weight is 272 g/mol. The SMILES string of the molecule is C#CC12CC3(C#C)CC(C(=O)O)(C1)CC(C(=O)O)(C2)C3. The Morgan fingerprint density at radius 1 is 0.750 bits per heavy atom. The van der Waals surface area contributed by atoms with Gasteiger partial charge in [0.1, 0.15) is 0 Å². The summed E-state index contributed by atoms with van der Waals surface area (Å²) >= 11 is 0. The lowest BCUT2D eigenvalue weighted by molar-refractivity contribution is -0.203. The molecule has 4 fully saturated rings. The molecule has 4 aliphatic rings. The third kappa shape index (κ3) is 1.34. The smallest absolute Gasteiger partial charge is 0.309 e. The second kappa shape index (κ2) is 3.38. The van der Waals surface area contributed by atoms with Gasteiger partial charge in [0.05, 0.1) is 10.8 Å². The maximum atomic E-state index is 11.8. The predicted molar refractivity (Wildman–Crippen MR) is 70.4 cm³/mol. The van der Waals surface area contributed by atoms with Crippen LogP contribution >= 0.6 is 0 Å². The van der Waals surface area contributed by atoms with E-state index in [1.165, 1.54) is 0 Å². The van der Waals surface area contributed by atoms with Gasteiger partial charge < -0.3 is 10.2 Å². The van der Waals surface area contributed by atoms with E-state index in [4.69, 9.17) is 12.8 Å². The summed E-state index contributed by atoms with van der Waals surface area (Å²) in [6.07, 6.45) is 13.4. The molecule has 4 aliphatic carbocycles. The van der Waals surface area contributed by atoms with Crippen LogP contribution in [0.15, 0.2) is 0 Å². The molecule has 0 aromatic rings.